The zero-order chi connectivity index (χ0) is 16.1. The Labute approximate surface area is 134 Å². The lowest BCUT2D eigenvalue weighted by molar-refractivity contribution is -0.121. The largest absolute Gasteiger partial charge is 0.356 e. The molecule has 0 fully saturated rings. The van der Waals surface area contributed by atoms with Crippen molar-refractivity contribution in [2.24, 2.45) is 5.92 Å². The summed E-state index contributed by atoms with van der Waals surface area (Å²) < 4.78 is 1.33. The van der Waals surface area contributed by atoms with Crippen molar-refractivity contribution in [2.45, 2.75) is 33.1 Å². The van der Waals surface area contributed by atoms with Crippen molar-refractivity contribution in [1.29, 1.82) is 0 Å². The van der Waals surface area contributed by atoms with Gasteiger partial charge in [-0.1, -0.05) is 25.4 Å². The second kappa shape index (κ2) is 7.40. The summed E-state index contributed by atoms with van der Waals surface area (Å²) in [5, 5.41) is 8.31. The number of carbonyl (C=O) groups excluding carboxylic acids is 2. The maximum Gasteiger partial charge on any atom is 0.247 e. The van der Waals surface area contributed by atoms with Crippen molar-refractivity contribution < 1.29 is 9.59 Å². The number of aromatic nitrogens is 2. The molecule has 2 aromatic rings. The van der Waals surface area contributed by atoms with Crippen LogP contribution in [0.15, 0.2) is 24.4 Å². The Kier molecular flexibility index (Phi) is 5.55. The fourth-order valence-electron chi connectivity index (χ4n) is 2.12. The van der Waals surface area contributed by atoms with Crippen LogP contribution in [0, 0.1) is 5.92 Å². The van der Waals surface area contributed by atoms with Crippen molar-refractivity contribution in [2.75, 3.05) is 6.54 Å². The Morgan fingerprint density at radius 3 is 2.82 bits per heavy atom. The molecule has 1 N–H and O–H groups in total. The van der Waals surface area contributed by atoms with Gasteiger partial charge in [0, 0.05) is 29.8 Å². The van der Waals surface area contributed by atoms with Crippen LogP contribution in [0.1, 0.15) is 37.9 Å². The van der Waals surface area contributed by atoms with E-state index in [0.29, 0.717) is 23.0 Å². The quantitative estimate of drug-likeness (QED) is 0.888. The number of fused-ring (bicyclic) bond motifs is 1. The first-order chi connectivity index (χ1) is 10.5. The van der Waals surface area contributed by atoms with E-state index in [4.69, 9.17) is 11.6 Å². The van der Waals surface area contributed by atoms with E-state index in [1.165, 1.54) is 4.68 Å². The maximum atomic E-state index is 12.2. The van der Waals surface area contributed by atoms with E-state index in [1.807, 2.05) is 0 Å². The number of nitrogens with zero attached hydrogens (tertiary/aromatic N) is 2. The van der Waals surface area contributed by atoms with Gasteiger partial charge in [0.2, 0.25) is 11.8 Å². The van der Waals surface area contributed by atoms with Crippen LogP contribution in [0.4, 0.5) is 0 Å². The van der Waals surface area contributed by atoms with Gasteiger partial charge >= 0.3 is 0 Å². The minimum absolute atomic E-state index is 0.103. The minimum atomic E-state index is -0.198. The molecule has 1 heterocycles. The van der Waals surface area contributed by atoms with E-state index >= 15 is 0 Å². The second-order valence-electron chi connectivity index (χ2n) is 5.69. The highest BCUT2D eigenvalue weighted by Gasteiger charge is 2.12. The smallest absolute Gasteiger partial charge is 0.247 e. The van der Waals surface area contributed by atoms with Crippen molar-refractivity contribution >= 4 is 34.3 Å². The summed E-state index contributed by atoms with van der Waals surface area (Å²) >= 11 is 5.91. The van der Waals surface area contributed by atoms with E-state index < -0.39 is 0 Å². The highest BCUT2D eigenvalue weighted by Crippen LogP contribution is 2.19. The summed E-state index contributed by atoms with van der Waals surface area (Å²) in [4.78, 5) is 23.9. The Hall–Kier alpha value is -1.88. The number of hydrogen-bond donors (Lipinski definition) is 1. The molecule has 1 aromatic carbocycles. The predicted molar refractivity (Wildman–Crippen MR) is 87.1 cm³/mol. The van der Waals surface area contributed by atoms with Gasteiger partial charge in [0.1, 0.15) is 0 Å². The van der Waals surface area contributed by atoms with Crippen LogP contribution >= 0.6 is 11.6 Å². The maximum absolute atomic E-state index is 12.2. The third-order valence-electron chi connectivity index (χ3n) is 3.38. The van der Waals surface area contributed by atoms with Crippen LogP contribution in [-0.4, -0.2) is 28.1 Å². The van der Waals surface area contributed by atoms with Crippen LogP contribution in [0.3, 0.4) is 0 Å². The molecule has 22 heavy (non-hydrogen) atoms. The molecule has 5 nitrogen and oxygen atoms in total. The summed E-state index contributed by atoms with van der Waals surface area (Å²) in [6, 6.07) is 5.23. The van der Waals surface area contributed by atoms with E-state index in [0.717, 1.165) is 11.8 Å². The van der Waals surface area contributed by atoms with Crippen LogP contribution in [0.5, 0.6) is 0 Å². The molecule has 0 unspecified atom stereocenters. The Morgan fingerprint density at radius 2 is 2.09 bits per heavy atom. The minimum Gasteiger partial charge on any atom is -0.356 e. The van der Waals surface area contributed by atoms with E-state index in [-0.39, 0.29) is 24.7 Å². The Morgan fingerprint density at radius 1 is 1.32 bits per heavy atom. The van der Waals surface area contributed by atoms with Crippen LogP contribution in [0.2, 0.25) is 5.02 Å². The molecular formula is C16H20ClN3O2. The molecule has 0 aliphatic carbocycles. The molecule has 1 amide bonds. The van der Waals surface area contributed by atoms with E-state index in [9.17, 15) is 9.59 Å². The van der Waals surface area contributed by atoms with Gasteiger partial charge in [-0.25, -0.2) is 4.68 Å². The number of amides is 1. The Bertz CT molecular complexity index is 679. The highest BCUT2D eigenvalue weighted by atomic mass is 35.5. The average molecular weight is 322 g/mol. The lowest BCUT2D eigenvalue weighted by atomic mass is 10.1. The predicted octanol–water partition coefficient (Wildman–Crippen LogP) is 3.27. The van der Waals surface area contributed by atoms with Gasteiger partial charge in [-0.05, 0) is 30.5 Å². The monoisotopic (exact) mass is 321 g/mol. The van der Waals surface area contributed by atoms with Crippen molar-refractivity contribution in [1.82, 2.24) is 15.1 Å². The summed E-state index contributed by atoms with van der Waals surface area (Å²) in [6.07, 6.45) is 2.84. The molecule has 0 aliphatic rings. The number of carbonyl (C=O) groups is 2. The molecule has 1 aromatic heterocycles. The first kappa shape index (κ1) is 16.5. The van der Waals surface area contributed by atoms with Crippen molar-refractivity contribution in [3.63, 3.8) is 0 Å². The van der Waals surface area contributed by atoms with Crippen LogP contribution < -0.4 is 5.32 Å². The SMILES string of the molecule is CC(C)CCNC(=O)CCC(=O)n1ncc2cc(Cl)ccc21. The Balaban J connectivity index is 1.90. The van der Waals surface area contributed by atoms with Gasteiger partial charge in [-0.3, -0.25) is 9.59 Å². The van der Waals surface area contributed by atoms with Gasteiger partial charge in [0.15, 0.2) is 0 Å². The summed E-state index contributed by atoms with van der Waals surface area (Å²) in [7, 11) is 0. The number of halogens is 1. The summed E-state index contributed by atoms with van der Waals surface area (Å²) in [5.74, 6) is 0.244. The zero-order valence-corrected chi connectivity index (χ0v) is 13.6. The summed E-state index contributed by atoms with van der Waals surface area (Å²) in [5.41, 5.74) is 0.703. The fraction of sp³-hybridized carbons (Fsp3) is 0.438. The third-order valence-corrected chi connectivity index (χ3v) is 3.61. The number of nitrogens with one attached hydrogen (secondary N) is 1. The van der Waals surface area contributed by atoms with Gasteiger partial charge < -0.3 is 5.32 Å². The topological polar surface area (TPSA) is 64.0 Å². The first-order valence-electron chi connectivity index (χ1n) is 7.40. The molecule has 118 valence electrons. The zero-order valence-electron chi connectivity index (χ0n) is 12.8. The van der Waals surface area contributed by atoms with Gasteiger partial charge in [-0.2, -0.15) is 5.10 Å². The van der Waals surface area contributed by atoms with E-state index in [1.54, 1.807) is 24.4 Å². The van der Waals surface area contributed by atoms with Gasteiger partial charge in [0.25, 0.3) is 0 Å². The normalized spacial score (nSPS) is 11.1. The molecular weight excluding hydrogens is 302 g/mol. The van der Waals surface area contributed by atoms with Crippen molar-refractivity contribution in [3.8, 4) is 0 Å². The lowest BCUT2D eigenvalue weighted by Crippen LogP contribution is -2.26. The van der Waals surface area contributed by atoms with Crippen molar-refractivity contribution in [3.05, 3.63) is 29.4 Å². The third kappa shape index (κ3) is 4.31. The highest BCUT2D eigenvalue weighted by molar-refractivity contribution is 6.31. The molecule has 0 spiro atoms. The number of rotatable bonds is 6. The lowest BCUT2D eigenvalue weighted by Gasteiger charge is -2.07. The first-order valence-corrected chi connectivity index (χ1v) is 7.78. The van der Waals surface area contributed by atoms with Gasteiger partial charge in [0.05, 0.1) is 11.7 Å². The van der Waals surface area contributed by atoms with Crippen LogP contribution in [0.25, 0.3) is 10.9 Å². The molecule has 0 bridgehead atoms. The average Bonchev–Trinajstić information content (AvgIpc) is 2.87. The second-order valence-corrected chi connectivity index (χ2v) is 6.12. The molecule has 6 heteroatoms. The van der Waals surface area contributed by atoms with E-state index in [2.05, 4.69) is 24.3 Å². The van der Waals surface area contributed by atoms with Crippen LogP contribution in [-0.2, 0) is 4.79 Å². The number of hydrogen-bond acceptors (Lipinski definition) is 3. The molecule has 0 saturated heterocycles. The molecule has 0 saturated carbocycles. The molecule has 0 atom stereocenters. The van der Waals surface area contributed by atoms with Gasteiger partial charge in [-0.15, -0.1) is 0 Å². The standard InChI is InChI=1S/C16H20ClN3O2/c1-11(2)7-8-18-15(21)5-6-16(22)20-14-4-3-13(17)9-12(14)10-19-20/h3-4,9-11H,5-8H2,1-2H3,(H,18,21). The molecule has 0 radical (unpaired) electrons. The fourth-order valence-corrected chi connectivity index (χ4v) is 2.30. The molecule has 2 rings (SSSR count). The molecule has 0 aliphatic heterocycles. The summed E-state index contributed by atoms with van der Waals surface area (Å²) in [6.45, 7) is 4.85. The number of benzene rings is 1.